The maximum Gasteiger partial charge on any atom is 0.338 e. The summed E-state index contributed by atoms with van der Waals surface area (Å²) in [7, 11) is 1.65. The number of carbonyl (C=O) groups is 3. The van der Waals surface area contributed by atoms with Crippen LogP contribution < -0.4 is 5.32 Å². The predicted molar refractivity (Wildman–Crippen MR) is 143 cm³/mol. The topological polar surface area (TPSA) is 82.2 Å². The maximum absolute atomic E-state index is 13.2. The fourth-order valence-corrected chi connectivity index (χ4v) is 4.87. The Balaban J connectivity index is 1.58. The summed E-state index contributed by atoms with van der Waals surface area (Å²) in [5.41, 5.74) is 2.31. The van der Waals surface area contributed by atoms with Crippen molar-refractivity contribution in [2.45, 2.75) is 19.4 Å². The van der Waals surface area contributed by atoms with Gasteiger partial charge in [0.05, 0.1) is 18.2 Å². The first-order chi connectivity index (χ1) is 17.8. The van der Waals surface area contributed by atoms with Gasteiger partial charge in [-0.15, -0.1) is 0 Å². The van der Waals surface area contributed by atoms with Gasteiger partial charge in [0.25, 0.3) is 5.91 Å². The van der Waals surface area contributed by atoms with Crippen LogP contribution >= 0.6 is 23.2 Å². The number of nitrogens with one attached hydrogen (secondary N) is 1. The second-order valence-electron chi connectivity index (χ2n) is 9.00. The average molecular weight is 545 g/mol. The number of likely N-dealkylation sites (N-methyl/N-ethyl adjacent to an activating group) is 1. The van der Waals surface area contributed by atoms with E-state index in [2.05, 4.69) is 10.2 Å². The molecule has 1 atom stereocenters. The molecule has 2 aromatic rings. The molecule has 0 bridgehead atoms. The Hall–Kier alpha value is -3.07. The fourth-order valence-electron chi connectivity index (χ4n) is 4.62. The van der Waals surface area contributed by atoms with E-state index in [0.29, 0.717) is 59.6 Å². The molecule has 2 aliphatic rings. The van der Waals surface area contributed by atoms with Crippen molar-refractivity contribution in [2.75, 3.05) is 46.4 Å². The van der Waals surface area contributed by atoms with E-state index in [1.54, 1.807) is 62.5 Å². The van der Waals surface area contributed by atoms with E-state index in [1.165, 1.54) is 4.90 Å². The van der Waals surface area contributed by atoms with Crippen LogP contribution in [0.25, 0.3) is 0 Å². The summed E-state index contributed by atoms with van der Waals surface area (Å²) in [5.74, 6) is -0.513. The lowest BCUT2D eigenvalue weighted by Gasteiger charge is -2.36. The molecule has 4 rings (SSSR count). The Bertz CT molecular complexity index is 1180. The van der Waals surface area contributed by atoms with Crippen molar-refractivity contribution in [3.05, 3.63) is 81.0 Å². The van der Waals surface area contributed by atoms with E-state index in [1.807, 2.05) is 4.90 Å². The van der Waals surface area contributed by atoms with Crippen LogP contribution in [0.3, 0.4) is 0 Å². The molecule has 0 saturated carbocycles. The molecule has 2 aliphatic heterocycles. The molecular weight excluding hydrogens is 515 g/mol. The summed E-state index contributed by atoms with van der Waals surface area (Å²) in [5, 5.41) is 4.07. The van der Waals surface area contributed by atoms with Crippen LogP contribution in [-0.4, -0.2) is 79.0 Å². The molecule has 10 heteroatoms. The molecular formula is C27H30Cl2N4O4. The highest BCUT2D eigenvalue weighted by Crippen LogP contribution is 2.32. The molecule has 3 amide bonds. The molecule has 2 aromatic carbocycles. The van der Waals surface area contributed by atoms with Crippen molar-refractivity contribution in [3.8, 4) is 0 Å². The average Bonchev–Trinajstić information content (AvgIpc) is 3.13. The van der Waals surface area contributed by atoms with E-state index in [9.17, 15) is 14.4 Å². The van der Waals surface area contributed by atoms with Crippen LogP contribution in [0.2, 0.25) is 10.0 Å². The number of amides is 3. The number of rotatable bonds is 6. The minimum atomic E-state index is -0.662. The number of halogens is 2. The van der Waals surface area contributed by atoms with E-state index in [0.717, 1.165) is 12.0 Å². The van der Waals surface area contributed by atoms with Gasteiger partial charge in [-0.05, 0) is 55.3 Å². The molecule has 0 radical (unpaired) electrons. The number of ether oxygens (including phenoxy) is 1. The van der Waals surface area contributed by atoms with Gasteiger partial charge in [-0.1, -0.05) is 35.3 Å². The quantitative estimate of drug-likeness (QED) is 0.546. The monoisotopic (exact) mass is 544 g/mol. The minimum Gasteiger partial charge on any atom is -0.463 e. The Kier molecular flexibility index (Phi) is 8.74. The van der Waals surface area contributed by atoms with Crippen molar-refractivity contribution in [1.82, 2.24) is 20.0 Å². The highest BCUT2D eigenvalue weighted by molar-refractivity contribution is 6.30. The van der Waals surface area contributed by atoms with E-state index >= 15 is 0 Å². The number of benzene rings is 2. The predicted octanol–water partition coefficient (Wildman–Crippen LogP) is 4.35. The van der Waals surface area contributed by atoms with Gasteiger partial charge < -0.3 is 15.0 Å². The third kappa shape index (κ3) is 6.26. The molecule has 2 heterocycles. The van der Waals surface area contributed by atoms with Gasteiger partial charge >= 0.3 is 12.0 Å². The number of urea groups is 1. The van der Waals surface area contributed by atoms with Crippen molar-refractivity contribution in [1.29, 1.82) is 0 Å². The molecule has 0 aromatic heterocycles. The number of nitrogens with zero attached hydrogens (tertiary/aromatic N) is 3. The van der Waals surface area contributed by atoms with E-state index in [-0.39, 0.29) is 18.5 Å². The zero-order valence-corrected chi connectivity index (χ0v) is 22.4. The third-order valence-corrected chi connectivity index (χ3v) is 7.12. The first kappa shape index (κ1) is 27.0. The van der Waals surface area contributed by atoms with Crippen molar-refractivity contribution < 1.29 is 19.1 Å². The minimum absolute atomic E-state index is 0.0399. The lowest BCUT2D eigenvalue weighted by molar-refractivity contribution is -0.139. The lowest BCUT2D eigenvalue weighted by atomic mass is 9.94. The van der Waals surface area contributed by atoms with Gasteiger partial charge in [0.15, 0.2) is 0 Å². The molecule has 37 heavy (non-hydrogen) atoms. The summed E-state index contributed by atoms with van der Waals surface area (Å²) < 4.78 is 5.41. The van der Waals surface area contributed by atoms with Gasteiger partial charge in [0.2, 0.25) is 0 Å². The van der Waals surface area contributed by atoms with Crippen LogP contribution in [-0.2, 0) is 9.53 Å². The summed E-state index contributed by atoms with van der Waals surface area (Å²) in [6, 6.07) is 13.0. The molecule has 1 fully saturated rings. The smallest absolute Gasteiger partial charge is 0.338 e. The maximum atomic E-state index is 13.2. The van der Waals surface area contributed by atoms with E-state index in [4.69, 9.17) is 27.9 Å². The van der Waals surface area contributed by atoms with Gasteiger partial charge in [-0.3, -0.25) is 14.6 Å². The number of hydrogen-bond donors (Lipinski definition) is 1. The van der Waals surface area contributed by atoms with Crippen LogP contribution in [0, 0.1) is 0 Å². The number of hydrogen-bond acceptors (Lipinski definition) is 5. The summed E-state index contributed by atoms with van der Waals surface area (Å²) >= 11 is 12.0. The fraction of sp³-hybridized carbons (Fsp3) is 0.370. The lowest BCUT2D eigenvalue weighted by Crippen LogP contribution is -2.49. The summed E-state index contributed by atoms with van der Waals surface area (Å²) in [6.07, 6.45) is 0.762. The standard InChI is InChI=1S/C27H30Cl2N4O4/c1-3-37-26(35)23-22(31(2)27(36)30-24(23)18-5-9-20(28)10-6-18)17-32-13-4-14-33(16-15-32)25(34)19-7-11-21(29)12-8-19/h5-12,24H,3-4,13-17H2,1-2H3,(H,30,36)/t24-/m0/s1. The van der Waals surface area contributed by atoms with Crippen LogP contribution in [0.4, 0.5) is 4.79 Å². The molecule has 8 nitrogen and oxygen atoms in total. The Morgan fingerprint density at radius 2 is 1.62 bits per heavy atom. The molecule has 0 aliphatic carbocycles. The van der Waals surface area contributed by atoms with Crippen molar-refractivity contribution in [2.24, 2.45) is 0 Å². The largest absolute Gasteiger partial charge is 0.463 e. The Morgan fingerprint density at radius 3 is 2.27 bits per heavy atom. The first-order valence-electron chi connectivity index (χ1n) is 12.3. The molecule has 1 saturated heterocycles. The Labute approximate surface area is 226 Å². The van der Waals surface area contributed by atoms with Crippen LogP contribution in [0.15, 0.2) is 59.8 Å². The zero-order chi connectivity index (χ0) is 26.5. The first-order valence-corrected chi connectivity index (χ1v) is 13.0. The second kappa shape index (κ2) is 12.0. The SMILES string of the molecule is CCOC(=O)C1=C(CN2CCCN(C(=O)c3ccc(Cl)cc3)CC2)N(C)C(=O)N[C@H]1c1ccc(Cl)cc1. The Morgan fingerprint density at radius 1 is 0.973 bits per heavy atom. The van der Waals surface area contributed by atoms with Gasteiger partial charge in [0, 0.05) is 61.1 Å². The summed E-state index contributed by atoms with van der Waals surface area (Å²) in [6.45, 7) is 4.79. The zero-order valence-electron chi connectivity index (χ0n) is 20.9. The van der Waals surface area contributed by atoms with Gasteiger partial charge in [-0.2, -0.15) is 0 Å². The van der Waals surface area contributed by atoms with Gasteiger partial charge in [0.1, 0.15) is 0 Å². The molecule has 196 valence electrons. The third-order valence-electron chi connectivity index (χ3n) is 6.62. The van der Waals surface area contributed by atoms with Crippen molar-refractivity contribution >= 4 is 41.1 Å². The summed E-state index contributed by atoms with van der Waals surface area (Å²) in [4.78, 5) is 44.6. The highest BCUT2D eigenvalue weighted by atomic mass is 35.5. The van der Waals surface area contributed by atoms with E-state index < -0.39 is 12.0 Å². The number of esters is 1. The normalized spacial score (nSPS) is 18.9. The van der Waals surface area contributed by atoms with Crippen LogP contribution in [0.5, 0.6) is 0 Å². The highest BCUT2D eigenvalue weighted by Gasteiger charge is 2.37. The molecule has 0 spiro atoms. The molecule has 1 N–H and O–H groups in total. The molecule has 0 unspecified atom stereocenters. The number of carbonyl (C=O) groups excluding carboxylic acids is 3. The van der Waals surface area contributed by atoms with Gasteiger partial charge in [-0.25, -0.2) is 9.59 Å². The van der Waals surface area contributed by atoms with Crippen LogP contribution in [0.1, 0.15) is 35.3 Å². The van der Waals surface area contributed by atoms with Crippen molar-refractivity contribution in [3.63, 3.8) is 0 Å². The second-order valence-corrected chi connectivity index (χ2v) is 9.88.